The molecule has 3 amide bonds. The summed E-state index contributed by atoms with van der Waals surface area (Å²) in [5.74, 6) is -0.222. The number of rotatable bonds is 3. The maximum Gasteiger partial charge on any atom is 0.271 e. The van der Waals surface area contributed by atoms with Gasteiger partial charge in [-0.15, -0.1) is 11.3 Å². The first-order chi connectivity index (χ1) is 20.3. The summed E-state index contributed by atoms with van der Waals surface area (Å²) < 4.78 is 7.72. The van der Waals surface area contributed by atoms with Gasteiger partial charge in [-0.2, -0.15) is 5.10 Å². The summed E-state index contributed by atoms with van der Waals surface area (Å²) in [5, 5.41) is 22.0. The van der Waals surface area contributed by atoms with Crippen LogP contribution in [0.15, 0.2) is 60.0 Å². The number of ether oxygens (including phenoxy) is 1. The lowest BCUT2D eigenvalue weighted by Gasteiger charge is -2.30. The van der Waals surface area contributed by atoms with Crippen molar-refractivity contribution >= 4 is 39.8 Å². The van der Waals surface area contributed by atoms with Crippen LogP contribution >= 0.6 is 11.3 Å². The minimum Gasteiger partial charge on any atom is -0.490 e. The minimum atomic E-state index is -0.884. The van der Waals surface area contributed by atoms with Gasteiger partial charge in [0.25, 0.3) is 5.91 Å². The molecule has 0 spiro atoms. The van der Waals surface area contributed by atoms with E-state index < -0.39 is 12.1 Å². The third kappa shape index (κ3) is 5.62. The Hall–Kier alpha value is -4.22. The van der Waals surface area contributed by atoms with Crippen molar-refractivity contribution in [1.82, 2.24) is 24.9 Å². The fraction of sp³-hybridized carbons (Fsp3) is 0.355. The van der Waals surface area contributed by atoms with Gasteiger partial charge in [0.2, 0.25) is 11.8 Å². The summed E-state index contributed by atoms with van der Waals surface area (Å²) in [6.45, 7) is 0.564. The largest absolute Gasteiger partial charge is 0.490 e. The Balaban J connectivity index is 1.27. The van der Waals surface area contributed by atoms with Crippen LogP contribution in [0.5, 0.6) is 5.75 Å². The summed E-state index contributed by atoms with van der Waals surface area (Å²) >= 11 is 1.46. The molecule has 11 heteroatoms. The Labute approximate surface area is 247 Å². The topological polar surface area (TPSA) is 117 Å². The van der Waals surface area contributed by atoms with Crippen molar-refractivity contribution in [1.29, 1.82) is 0 Å². The summed E-state index contributed by atoms with van der Waals surface area (Å²) in [4.78, 5) is 44.5. The van der Waals surface area contributed by atoms with Crippen molar-refractivity contribution in [2.75, 3.05) is 26.7 Å². The van der Waals surface area contributed by atoms with Crippen LogP contribution < -0.4 is 10.1 Å². The lowest BCUT2D eigenvalue weighted by atomic mass is 10.0. The monoisotopic (exact) mass is 587 g/mol. The van der Waals surface area contributed by atoms with Crippen LogP contribution in [0.3, 0.4) is 0 Å². The van der Waals surface area contributed by atoms with Crippen LogP contribution in [-0.4, -0.2) is 87.3 Å². The van der Waals surface area contributed by atoms with E-state index in [4.69, 9.17) is 4.74 Å². The second kappa shape index (κ2) is 11.6. The van der Waals surface area contributed by atoms with E-state index in [0.29, 0.717) is 23.6 Å². The number of carbonyl (C=O) groups excluding carboxylic acids is 3. The zero-order chi connectivity index (χ0) is 29.4. The van der Waals surface area contributed by atoms with Gasteiger partial charge in [-0.05, 0) is 46.7 Å². The highest BCUT2D eigenvalue weighted by Crippen LogP contribution is 2.36. The predicted molar refractivity (Wildman–Crippen MR) is 159 cm³/mol. The smallest absolute Gasteiger partial charge is 0.271 e. The molecule has 3 unspecified atom stereocenters. The van der Waals surface area contributed by atoms with Crippen LogP contribution in [0.25, 0.3) is 21.3 Å². The molecule has 6 rings (SSSR count). The number of hydrogen-bond acceptors (Lipinski definition) is 7. The molecule has 2 aromatic carbocycles. The molecular weight excluding hydrogens is 554 g/mol. The standard InChI is InChI=1S/C31H33N5O5S/c1-34-11-9-24(32-28(38)14-19-7-8-20-5-3-4-6-21(20)13-19)30(39)36-17-23(37)15-22(36)18-41-27-10-12-42-29(27)25-16-26(31(34)40)35(2)33-25/h3-8,10,12-13,16,22-24,37H,9,11,14-15,17-18H2,1-2H3,(H,32,38). The van der Waals surface area contributed by atoms with Gasteiger partial charge in [-0.3, -0.25) is 19.1 Å². The zero-order valence-electron chi connectivity index (χ0n) is 23.5. The number of thiophene rings is 1. The fourth-order valence-electron chi connectivity index (χ4n) is 5.74. The predicted octanol–water partition coefficient (Wildman–Crippen LogP) is 2.85. The SMILES string of the molecule is CN1CCC(NC(=O)Cc2ccc3ccccc3c2)C(=O)N2CC(O)CC2COc2ccsc2-c2cc(n(C)n2)C1=O. The Morgan fingerprint density at radius 3 is 2.76 bits per heavy atom. The molecule has 4 aromatic rings. The van der Waals surface area contributed by atoms with Crippen molar-refractivity contribution in [2.24, 2.45) is 7.05 Å². The summed E-state index contributed by atoms with van der Waals surface area (Å²) in [7, 11) is 3.40. The molecule has 10 nitrogen and oxygen atoms in total. The second-order valence-electron chi connectivity index (χ2n) is 11.0. The molecule has 2 bridgehead atoms. The van der Waals surface area contributed by atoms with Crippen molar-refractivity contribution in [3.63, 3.8) is 0 Å². The third-order valence-corrected chi connectivity index (χ3v) is 8.90. The average molecular weight is 588 g/mol. The van der Waals surface area contributed by atoms with Gasteiger partial charge < -0.3 is 25.0 Å². The number of hydrogen-bond donors (Lipinski definition) is 2. The molecule has 1 saturated heterocycles. The van der Waals surface area contributed by atoms with Crippen molar-refractivity contribution in [3.8, 4) is 16.3 Å². The third-order valence-electron chi connectivity index (χ3n) is 7.98. The Morgan fingerprint density at radius 2 is 1.93 bits per heavy atom. The molecule has 0 radical (unpaired) electrons. The van der Waals surface area contributed by atoms with E-state index in [9.17, 15) is 19.5 Å². The maximum absolute atomic E-state index is 13.9. The Morgan fingerprint density at radius 1 is 1.12 bits per heavy atom. The summed E-state index contributed by atoms with van der Waals surface area (Å²) in [5.41, 5.74) is 1.88. The number of aromatic nitrogens is 2. The van der Waals surface area contributed by atoms with E-state index in [1.807, 2.05) is 53.9 Å². The van der Waals surface area contributed by atoms with E-state index in [1.165, 1.54) is 11.3 Å². The molecule has 218 valence electrons. The van der Waals surface area contributed by atoms with Crippen LogP contribution in [0.4, 0.5) is 0 Å². The van der Waals surface area contributed by atoms with Gasteiger partial charge in [-0.1, -0.05) is 42.5 Å². The second-order valence-corrected chi connectivity index (χ2v) is 11.9. The van der Waals surface area contributed by atoms with Crippen LogP contribution in [0, 0.1) is 0 Å². The van der Waals surface area contributed by atoms with E-state index in [1.54, 1.807) is 34.6 Å². The number of nitrogens with one attached hydrogen (secondary N) is 1. The van der Waals surface area contributed by atoms with Crippen molar-refractivity contribution < 1.29 is 24.2 Å². The van der Waals surface area contributed by atoms with Gasteiger partial charge >= 0.3 is 0 Å². The molecular formula is C31H33N5O5S. The van der Waals surface area contributed by atoms with Crippen LogP contribution in [0.1, 0.15) is 28.9 Å². The van der Waals surface area contributed by atoms with E-state index in [0.717, 1.165) is 21.2 Å². The van der Waals surface area contributed by atoms with E-state index in [-0.39, 0.29) is 56.3 Å². The number of carbonyl (C=O) groups is 3. The van der Waals surface area contributed by atoms with Crippen LogP contribution in [-0.2, 0) is 23.1 Å². The molecule has 4 heterocycles. The first-order valence-corrected chi connectivity index (χ1v) is 14.9. The number of fused-ring (bicyclic) bond motifs is 6. The number of aliphatic hydroxyl groups is 1. The molecule has 2 aromatic heterocycles. The van der Waals surface area contributed by atoms with Gasteiger partial charge in [0.1, 0.15) is 29.8 Å². The zero-order valence-corrected chi connectivity index (χ0v) is 24.3. The molecule has 2 aliphatic rings. The Bertz CT molecular complexity index is 1650. The Kier molecular flexibility index (Phi) is 7.70. The van der Waals surface area contributed by atoms with Gasteiger partial charge in [0.05, 0.1) is 23.4 Å². The molecule has 0 saturated carbocycles. The van der Waals surface area contributed by atoms with Crippen LogP contribution in [0.2, 0.25) is 0 Å². The van der Waals surface area contributed by atoms with Gasteiger partial charge in [-0.25, -0.2) is 0 Å². The number of aryl methyl sites for hydroxylation is 1. The number of benzene rings is 2. The lowest BCUT2D eigenvalue weighted by Crippen LogP contribution is -2.52. The van der Waals surface area contributed by atoms with Gasteiger partial charge in [0.15, 0.2) is 0 Å². The van der Waals surface area contributed by atoms with Crippen molar-refractivity contribution in [2.45, 2.75) is 37.5 Å². The molecule has 42 heavy (non-hydrogen) atoms. The quantitative estimate of drug-likeness (QED) is 0.381. The number of amides is 3. The molecule has 3 atom stereocenters. The van der Waals surface area contributed by atoms with E-state index >= 15 is 0 Å². The first-order valence-electron chi connectivity index (χ1n) is 14.0. The van der Waals surface area contributed by atoms with Crippen molar-refractivity contribution in [3.05, 3.63) is 71.2 Å². The lowest BCUT2D eigenvalue weighted by molar-refractivity contribution is -0.138. The molecule has 2 N–H and O–H groups in total. The molecule has 1 fully saturated rings. The highest BCUT2D eigenvalue weighted by molar-refractivity contribution is 7.14. The number of aliphatic hydroxyl groups excluding tert-OH is 1. The number of nitrogens with zero attached hydrogens (tertiary/aromatic N) is 4. The highest BCUT2D eigenvalue weighted by Gasteiger charge is 2.39. The highest BCUT2D eigenvalue weighted by atomic mass is 32.1. The molecule has 0 aliphatic carbocycles. The average Bonchev–Trinajstić information content (AvgIpc) is 3.70. The maximum atomic E-state index is 13.9. The van der Waals surface area contributed by atoms with Gasteiger partial charge in [0, 0.05) is 27.2 Å². The summed E-state index contributed by atoms with van der Waals surface area (Å²) in [6.07, 6.45) is -0.00490. The minimum absolute atomic E-state index is 0.108. The first kappa shape index (κ1) is 27.9. The van der Waals surface area contributed by atoms with E-state index in [2.05, 4.69) is 10.4 Å². The normalized spacial score (nSPS) is 21.4. The summed E-state index contributed by atoms with van der Waals surface area (Å²) in [6, 6.07) is 16.1. The fourth-order valence-corrected chi connectivity index (χ4v) is 6.53. The molecule has 2 aliphatic heterocycles.